The Morgan fingerprint density at radius 1 is 1.06 bits per heavy atom. The van der Waals surface area contributed by atoms with Gasteiger partial charge in [-0.3, -0.25) is 4.98 Å². The Balaban J connectivity index is 2.31. The maximum Gasteiger partial charge on any atom is 0.332 e. The van der Waals surface area contributed by atoms with E-state index in [-0.39, 0.29) is 0 Å². The molecule has 0 bridgehead atoms. The lowest BCUT2D eigenvalue weighted by Gasteiger charge is -2.04. The molecule has 3 rings (SSSR count). The second-order valence-electron chi connectivity index (χ2n) is 4.39. The van der Waals surface area contributed by atoms with E-state index in [0.29, 0.717) is 0 Å². The number of para-hydroxylation sites is 1. The number of rotatable bonds is 1. The highest BCUT2D eigenvalue weighted by Gasteiger charge is 2.17. The minimum Gasteiger partial charge on any atom is -0.264 e. The molecule has 3 heteroatoms. The zero-order chi connectivity index (χ0) is 12.5. The Bertz CT molecular complexity index is 720. The molecule has 0 unspecified atom stereocenters. The summed E-state index contributed by atoms with van der Waals surface area (Å²) in [6.45, 7) is 2.08. The lowest BCUT2D eigenvalue weighted by atomic mass is 10.1. The van der Waals surface area contributed by atoms with Gasteiger partial charge in [-0.05, 0) is 35.7 Å². The van der Waals surface area contributed by atoms with E-state index in [9.17, 15) is 0 Å². The summed E-state index contributed by atoms with van der Waals surface area (Å²) in [6, 6.07) is 10.3. The van der Waals surface area contributed by atoms with Crippen molar-refractivity contribution in [1.29, 1.82) is 0 Å². The molecule has 0 aliphatic rings. The number of fused-ring (bicyclic) bond motifs is 1. The molecular weight excluding hydrogens is 222 g/mol. The number of hydrogen-bond acceptors (Lipinski definition) is 2. The minimum absolute atomic E-state index is 0.944. The van der Waals surface area contributed by atoms with Crippen molar-refractivity contribution in [2.75, 3.05) is 0 Å². The minimum atomic E-state index is 0.944. The van der Waals surface area contributed by atoms with Crippen LogP contribution in [-0.2, 0) is 7.05 Å². The predicted molar refractivity (Wildman–Crippen MR) is 70.9 cm³/mol. The zero-order valence-electron chi connectivity index (χ0n) is 10.5. The van der Waals surface area contributed by atoms with Crippen molar-refractivity contribution in [3.63, 3.8) is 0 Å². The maximum absolute atomic E-state index is 4.56. The van der Waals surface area contributed by atoms with Gasteiger partial charge in [0.15, 0.2) is 6.20 Å². The van der Waals surface area contributed by atoms with Gasteiger partial charge in [-0.25, -0.2) is 4.57 Å². The van der Waals surface area contributed by atoms with Crippen LogP contribution in [0, 0.1) is 6.92 Å². The van der Waals surface area contributed by atoms with Gasteiger partial charge in [-0.15, -0.1) is 0 Å². The number of hydrogen-bond donors (Lipinski definition) is 0. The summed E-state index contributed by atoms with van der Waals surface area (Å²) in [4.78, 5) is 8.75. The first kappa shape index (κ1) is 10.8. The van der Waals surface area contributed by atoms with E-state index in [1.165, 1.54) is 11.1 Å². The Labute approximate surface area is 106 Å². The summed E-state index contributed by atoms with van der Waals surface area (Å²) < 4.78 is 2.11. The van der Waals surface area contributed by atoms with Crippen LogP contribution in [0.25, 0.3) is 22.3 Å². The van der Waals surface area contributed by atoms with Crippen LogP contribution in [0.15, 0.2) is 48.9 Å². The van der Waals surface area contributed by atoms with Crippen LogP contribution in [0.1, 0.15) is 5.56 Å². The van der Waals surface area contributed by atoms with Crippen molar-refractivity contribution in [2.45, 2.75) is 6.92 Å². The van der Waals surface area contributed by atoms with Gasteiger partial charge in [-0.2, -0.15) is 0 Å². The van der Waals surface area contributed by atoms with Crippen molar-refractivity contribution in [3.8, 4) is 11.4 Å². The third kappa shape index (κ3) is 1.64. The molecule has 0 saturated heterocycles. The van der Waals surface area contributed by atoms with E-state index < -0.39 is 0 Å². The largest absolute Gasteiger partial charge is 0.332 e. The first-order valence-electron chi connectivity index (χ1n) is 5.92. The highest BCUT2D eigenvalue weighted by atomic mass is 15.0. The molecule has 0 radical (unpaired) electrons. The summed E-state index contributed by atoms with van der Waals surface area (Å²) >= 11 is 0. The topological polar surface area (TPSA) is 29.7 Å². The summed E-state index contributed by atoms with van der Waals surface area (Å²) in [5, 5.41) is 1.14. The average molecular weight is 236 g/mol. The van der Waals surface area contributed by atoms with E-state index in [0.717, 1.165) is 16.8 Å². The smallest absolute Gasteiger partial charge is 0.264 e. The van der Waals surface area contributed by atoms with Crippen LogP contribution >= 0.6 is 0 Å². The second kappa shape index (κ2) is 4.18. The van der Waals surface area contributed by atoms with E-state index in [1.54, 1.807) is 6.20 Å². The molecule has 0 N–H and O–H groups in total. The number of nitrogens with zero attached hydrogens (tertiary/aromatic N) is 3. The summed E-state index contributed by atoms with van der Waals surface area (Å²) in [5.41, 5.74) is 3.43. The lowest BCUT2D eigenvalue weighted by Crippen LogP contribution is -2.33. The molecule has 0 amide bonds. The van der Waals surface area contributed by atoms with Crippen molar-refractivity contribution in [2.24, 2.45) is 7.05 Å². The molecular formula is C15H14N3+. The Morgan fingerprint density at radius 3 is 2.72 bits per heavy atom. The van der Waals surface area contributed by atoms with E-state index >= 15 is 0 Å². The Hall–Kier alpha value is -2.29. The fraction of sp³-hybridized carbons (Fsp3) is 0.133. The molecule has 18 heavy (non-hydrogen) atoms. The summed E-state index contributed by atoms with van der Waals surface area (Å²) in [6.07, 6.45) is 5.59. The lowest BCUT2D eigenvalue weighted by molar-refractivity contribution is -0.636. The molecule has 0 aliphatic carbocycles. The summed E-state index contributed by atoms with van der Waals surface area (Å²) in [5.74, 6) is 0.944. The van der Waals surface area contributed by atoms with Crippen LogP contribution in [-0.4, -0.2) is 9.97 Å². The molecule has 0 saturated carbocycles. The molecule has 0 fully saturated rings. The average Bonchev–Trinajstić information content (AvgIpc) is 2.41. The zero-order valence-corrected chi connectivity index (χ0v) is 10.5. The first-order chi connectivity index (χ1) is 8.77. The maximum atomic E-state index is 4.56. The van der Waals surface area contributed by atoms with Crippen LogP contribution in [0.3, 0.4) is 0 Å². The number of benzene rings is 1. The van der Waals surface area contributed by atoms with Gasteiger partial charge >= 0.3 is 5.82 Å². The van der Waals surface area contributed by atoms with E-state index in [2.05, 4.69) is 33.6 Å². The van der Waals surface area contributed by atoms with Crippen molar-refractivity contribution in [3.05, 3.63) is 54.5 Å². The third-order valence-electron chi connectivity index (χ3n) is 3.22. The van der Waals surface area contributed by atoms with Crippen LogP contribution < -0.4 is 4.57 Å². The Kier molecular flexibility index (Phi) is 2.52. The van der Waals surface area contributed by atoms with Crippen molar-refractivity contribution < 1.29 is 4.57 Å². The van der Waals surface area contributed by atoms with Gasteiger partial charge in [0.05, 0.1) is 18.0 Å². The monoisotopic (exact) mass is 236 g/mol. The van der Waals surface area contributed by atoms with Gasteiger partial charge in [-0.1, -0.05) is 12.1 Å². The molecule has 0 aliphatic heterocycles. The summed E-state index contributed by atoms with van der Waals surface area (Å²) in [7, 11) is 2.04. The molecule has 2 heterocycles. The van der Waals surface area contributed by atoms with Crippen molar-refractivity contribution >= 4 is 10.9 Å². The predicted octanol–water partition coefficient (Wildman–Crippen LogP) is 2.43. The molecule has 1 aromatic carbocycles. The Morgan fingerprint density at radius 2 is 1.89 bits per heavy atom. The van der Waals surface area contributed by atoms with Gasteiger partial charge in [0, 0.05) is 12.4 Å². The van der Waals surface area contributed by atoms with Crippen LogP contribution in [0.4, 0.5) is 0 Å². The van der Waals surface area contributed by atoms with E-state index in [4.69, 9.17) is 0 Å². The van der Waals surface area contributed by atoms with Crippen molar-refractivity contribution in [1.82, 2.24) is 9.97 Å². The normalized spacial score (nSPS) is 10.8. The first-order valence-corrected chi connectivity index (χ1v) is 5.92. The van der Waals surface area contributed by atoms with E-state index in [1.807, 2.05) is 37.6 Å². The highest BCUT2D eigenvalue weighted by molar-refractivity contribution is 5.75. The van der Waals surface area contributed by atoms with Gasteiger partial charge in [0.25, 0.3) is 0 Å². The molecule has 3 aromatic rings. The standard InChI is InChI=1S/C15H14N3/c1-11-7-8-16-10-13(11)15-17-9-12-5-3-4-6-14(12)18(15)2/h3-10H,1-2H3/q+1. The molecule has 3 nitrogen and oxygen atoms in total. The van der Waals surface area contributed by atoms with Crippen LogP contribution in [0.5, 0.6) is 0 Å². The fourth-order valence-corrected chi connectivity index (χ4v) is 2.18. The number of aryl methyl sites for hydroxylation is 2. The SMILES string of the molecule is Cc1ccncc1-c1ncc2ccccc2[n+]1C. The molecule has 0 spiro atoms. The number of pyridine rings is 1. The molecule has 88 valence electrons. The number of aromatic nitrogens is 3. The second-order valence-corrected chi connectivity index (χ2v) is 4.39. The quantitative estimate of drug-likeness (QED) is 0.607. The van der Waals surface area contributed by atoms with Crippen LogP contribution in [0.2, 0.25) is 0 Å². The van der Waals surface area contributed by atoms with Gasteiger partial charge in [0.1, 0.15) is 5.52 Å². The highest BCUT2D eigenvalue weighted by Crippen LogP contribution is 2.18. The van der Waals surface area contributed by atoms with Gasteiger partial charge < -0.3 is 0 Å². The third-order valence-corrected chi connectivity index (χ3v) is 3.22. The van der Waals surface area contributed by atoms with Gasteiger partial charge in [0.2, 0.25) is 0 Å². The molecule has 2 aromatic heterocycles. The fourth-order valence-electron chi connectivity index (χ4n) is 2.18. The molecule has 0 atom stereocenters.